The molecule has 0 spiro atoms. The lowest BCUT2D eigenvalue weighted by molar-refractivity contribution is 1.59. The largest absolute Gasteiger partial charge is 0.0985 e. The van der Waals surface area contributed by atoms with Gasteiger partial charge in [0.25, 0.3) is 0 Å². The lowest BCUT2D eigenvalue weighted by Gasteiger charge is -2.02. The fourth-order valence-electron chi connectivity index (χ4n) is 1.62. The van der Waals surface area contributed by atoms with Crippen LogP contribution in [0.1, 0.15) is 11.1 Å². The van der Waals surface area contributed by atoms with Crippen LogP contribution in [0.2, 0.25) is 0 Å². The van der Waals surface area contributed by atoms with Gasteiger partial charge in [-0.2, -0.15) is 0 Å². The monoisotopic (exact) mass is 206 g/mol. The van der Waals surface area contributed by atoms with Crippen molar-refractivity contribution in [2.24, 2.45) is 0 Å². The summed E-state index contributed by atoms with van der Waals surface area (Å²) >= 11 is 0. The van der Waals surface area contributed by atoms with E-state index in [0.29, 0.717) is 0 Å². The highest BCUT2D eigenvalue weighted by Gasteiger charge is 1.96. The van der Waals surface area contributed by atoms with Crippen LogP contribution in [0.4, 0.5) is 0 Å². The molecule has 0 heteroatoms. The quantitative estimate of drug-likeness (QED) is 0.686. The predicted molar refractivity (Wildman–Crippen MR) is 72.1 cm³/mol. The maximum atomic E-state index is 3.74. The van der Waals surface area contributed by atoms with Gasteiger partial charge in [0.05, 0.1) is 0 Å². The molecule has 0 N–H and O–H groups in total. The highest BCUT2D eigenvalue weighted by molar-refractivity contribution is 5.67. The zero-order valence-electron chi connectivity index (χ0n) is 9.19. The first kappa shape index (κ1) is 10.4. The first-order valence-electron chi connectivity index (χ1n) is 5.29. The van der Waals surface area contributed by atoms with Crippen molar-refractivity contribution in [2.45, 2.75) is 0 Å². The Morgan fingerprint density at radius 3 is 1.12 bits per heavy atom. The van der Waals surface area contributed by atoms with Gasteiger partial charge in [-0.25, -0.2) is 0 Å². The zero-order valence-corrected chi connectivity index (χ0v) is 9.19. The fourth-order valence-corrected chi connectivity index (χ4v) is 1.62. The Bertz CT molecular complexity index is 437. The van der Waals surface area contributed by atoms with Gasteiger partial charge >= 0.3 is 0 Å². The van der Waals surface area contributed by atoms with Gasteiger partial charge in [0.15, 0.2) is 0 Å². The molecule has 0 fully saturated rings. The molecule has 0 saturated heterocycles. The van der Waals surface area contributed by atoms with Gasteiger partial charge < -0.3 is 0 Å². The first-order valence-corrected chi connectivity index (χ1v) is 5.29. The third-order valence-electron chi connectivity index (χ3n) is 2.63. The molecule has 0 bridgehead atoms. The third-order valence-corrected chi connectivity index (χ3v) is 2.63. The van der Waals surface area contributed by atoms with Gasteiger partial charge in [0.1, 0.15) is 0 Å². The van der Waals surface area contributed by atoms with E-state index in [0.717, 1.165) is 11.1 Å². The molecule has 0 atom stereocenters. The summed E-state index contributed by atoms with van der Waals surface area (Å²) in [5, 5.41) is 0. The molecule has 2 aromatic rings. The van der Waals surface area contributed by atoms with Crippen molar-refractivity contribution in [1.29, 1.82) is 0 Å². The number of rotatable bonds is 3. The summed E-state index contributed by atoms with van der Waals surface area (Å²) in [5.74, 6) is 0. The summed E-state index contributed by atoms with van der Waals surface area (Å²) in [6.45, 7) is 7.49. The van der Waals surface area contributed by atoms with Crippen molar-refractivity contribution in [3.05, 3.63) is 72.8 Å². The van der Waals surface area contributed by atoms with Crippen LogP contribution in [-0.4, -0.2) is 0 Å². The van der Waals surface area contributed by atoms with Crippen molar-refractivity contribution in [3.8, 4) is 11.1 Å². The van der Waals surface area contributed by atoms with Gasteiger partial charge in [-0.15, -0.1) is 0 Å². The molecule has 0 amide bonds. The SMILES string of the molecule is C=Cc1ccc(-c2ccc(C=C)cc2)cc1. The average Bonchev–Trinajstić information content (AvgIpc) is 2.39. The lowest BCUT2D eigenvalue weighted by atomic mass is 10.0. The van der Waals surface area contributed by atoms with Crippen molar-refractivity contribution in [1.82, 2.24) is 0 Å². The summed E-state index contributed by atoms with van der Waals surface area (Å²) in [7, 11) is 0. The predicted octanol–water partition coefficient (Wildman–Crippen LogP) is 4.64. The fraction of sp³-hybridized carbons (Fsp3) is 0. The van der Waals surface area contributed by atoms with E-state index in [9.17, 15) is 0 Å². The Labute approximate surface area is 96.6 Å². The molecule has 0 unspecified atom stereocenters. The van der Waals surface area contributed by atoms with Gasteiger partial charge in [-0.05, 0) is 22.3 Å². The van der Waals surface area contributed by atoms with Crippen molar-refractivity contribution < 1.29 is 0 Å². The molecular formula is C16H14. The minimum Gasteiger partial charge on any atom is -0.0985 e. The number of benzene rings is 2. The normalized spacial score (nSPS) is 9.75. The zero-order chi connectivity index (χ0) is 11.4. The maximum Gasteiger partial charge on any atom is -0.0184 e. The molecule has 0 radical (unpaired) electrons. The first-order chi connectivity index (χ1) is 7.83. The molecule has 0 saturated carbocycles. The van der Waals surface area contributed by atoms with Crippen molar-refractivity contribution in [3.63, 3.8) is 0 Å². The standard InChI is InChI=1S/C16H14/c1-3-13-5-9-15(10-6-13)16-11-7-14(4-2)8-12-16/h3-12H,1-2H2. The summed E-state index contributed by atoms with van der Waals surface area (Å²) in [4.78, 5) is 0. The Kier molecular flexibility index (Phi) is 3.02. The molecule has 0 nitrogen and oxygen atoms in total. The molecule has 0 aliphatic rings. The van der Waals surface area contributed by atoms with Crippen LogP contribution in [0.5, 0.6) is 0 Å². The smallest absolute Gasteiger partial charge is 0.0184 e. The van der Waals surface area contributed by atoms with Gasteiger partial charge in [-0.3, -0.25) is 0 Å². The Morgan fingerprint density at radius 2 is 0.875 bits per heavy atom. The summed E-state index contributed by atoms with van der Waals surface area (Å²) in [6, 6.07) is 16.7. The average molecular weight is 206 g/mol. The minimum atomic E-state index is 1.14. The summed E-state index contributed by atoms with van der Waals surface area (Å²) in [5.41, 5.74) is 4.74. The van der Waals surface area contributed by atoms with Crippen LogP contribution >= 0.6 is 0 Å². The van der Waals surface area contributed by atoms with Crippen LogP contribution in [-0.2, 0) is 0 Å². The van der Waals surface area contributed by atoms with E-state index in [1.807, 2.05) is 12.2 Å². The molecule has 2 rings (SSSR count). The van der Waals surface area contributed by atoms with Crippen LogP contribution < -0.4 is 0 Å². The summed E-state index contributed by atoms with van der Waals surface area (Å²) in [6.07, 6.45) is 3.70. The minimum absolute atomic E-state index is 1.14. The van der Waals surface area contributed by atoms with E-state index >= 15 is 0 Å². The van der Waals surface area contributed by atoms with Crippen molar-refractivity contribution >= 4 is 12.2 Å². The lowest BCUT2D eigenvalue weighted by Crippen LogP contribution is -1.79. The Balaban J connectivity index is 2.34. The molecule has 78 valence electrons. The molecule has 2 aromatic carbocycles. The number of hydrogen-bond acceptors (Lipinski definition) is 0. The van der Waals surface area contributed by atoms with Crippen LogP contribution in [0.3, 0.4) is 0 Å². The second-order valence-electron chi connectivity index (χ2n) is 3.65. The second-order valence-corrected chi connectivity index (χ2v) is 3.65. The van der Waals surface area contributed by atoms with E-state index in [-0.39, 0.29) is 0 Å². The third kappa shape index (κ3) is 2.12. The highest BCUT2D eigenvalue weighted by Crippen LogP contribution is 2.20. The van der Waals surface area contributed by atoms with Gasteiger partial charge in [0, 0.05) is 0 Å². The molecule has 0 aliphatic carbocycles. The van der Waals surface area contributed by atoms with Crippen LogP contribution in [0, 0.1) is 0 Å². The molecule has 0 aromatic heterocycles. The van der Waals surface area contributed by atoms with E-state index in [4.69, 9.17) is 0 Å². The molecule has 0 aliphatic heterocycles. The Morgan fingerprint density at radius 1 is 0.562 bits per heavy atom. The molecule has 0 heterocycles. The second kappa shape index (κ2) is 4.63. The summed E-state index contributed by atoms with van der Waals surface area (Å²) < 4.78 is 0. The number of hydrogen-bond donors (Lipinski definition) is 0. The van der Waals surface area contributed by atoms with E-state index in [1.54, 1.807) is 0 Å². The topological polar surface area (TPSA) is 0 Å². The van der Waals surface area contributed by atoms with Gasteiger partial charge in [0.2, 0.25) is 0 Å². The van der Waals surface area contributed by atoms with Gasteiger partial charge in [-0.1, -0.05) is 73.8 Å². The van der Waals surface area contributed by atoms with Crippen LogP contribution in [0.15, 0.2) is 61.7 Å². The molecular weight excluding hydrogens is 192 g/mol. The Hall–Kier alpha value is -2.08. The van der Waals surface area contributed by atoms with E-state index in [2.05, 4.69) is 61.7 Å². The molecule has 16 heavy (non-hydrogen) atoms. The van der Waals surface area contributed by atoms with Crippen LogP contribution in [0.25, 0.3) is 23.3 Å². The maximum absolute atomic E-state index is 3.74. The van der Waals surface area contributed by atoms with E-state index in [1.165, 1.54) is 11.1 Å². The van der Waals surface area contributed by atoms with Crippen molar-refractivity contribution in [2.75, 3.05) is 0 Å². The van der Waals surface area contributed by atoms with E-state index < -0.39 is 0 Å². The highest BCUT2D eigenvalue weighted by atomic mass is 14.0.